The van der Waals surface area contributed by atoms with Crippen molar-refractivity contribution in [3.8, 4) is 0 Å². The molecule has 3 unspecified atom stereocenters. The predicted octanol–water partition coefficient (Wildman–Crippen LogP) is 0.0494. The van der Waals surface area contributed by atoms with Crippen LogP contribution in [0.1, 0.15) is 20.8 Å². The minimum Gasteiger partial charge on any atom is -0.392 e. The fourth-order valence-electron chi connectivity index (χ4n) is 1.74. The summed E-state index contributed by atoms with van der Waals surface area (Å²) in [4.78, 5) is 2.36. The van der Waals surface area contributed by atoms with Crippen molar-refractivity contribution in [2.45, 2.75) is 39.0 Å². The monoisotopic (exact) mass is 172 g/mol. The van der Waals surface area contributed by atoms with Crippen molar-refractivity contribution in [3.63, 3.8) is 0 Å². The summed E-state index contributed by atoms with van der Waals surface area (Å²) in [6, 6.07) is 0.824. The number of rotatable bonds is 2. The molecule has 0 spiro atoms. The van der Waals surface area contributed by atoms with Gasteiger partial charge in [0.2, 0.25) is 0 Å². The van der Waals surface area contributed by atoms with E-state index in [2.05, 4.69) is 24.1 Å². The van der Waals surface area contributed by atoms with E-state index >= 15 is 0 Å². The number of hydrogen-bond acceptors (Lipinski definition) is 3. The van der Waals surface area contributed by atoms with Gasteiger partial charge in [0.05, 0.1) is 6.10 Å². The molecule has 0 amide bonds. The van der Waals surface area contributed by atoms with Crippen LogP contribution in [0.25, 0.3) is 0 Å². The van der Waals surface area contributed by atoms with E-state index in [0.29, 0.717) is 6.04 Å². The smallest absolute Gasteiger partial charge is 0.0664 e. The molecular weight excluding hydrogens is 152 g/mol. The Bertz CT molecular complexity index is 138. The number of nitrogens with one attached hydrogen (secondary N) is 1. The highest BCUT2D eigenvalue weighted by Crippen LogP contribution is 2.10. The molecule has 3 nitrogen and oxygen atoms in total. The van der Waals surface area contributed by atoms with Gasteiger partial charge in [0.1, 0.15) is 0 Å². The average Bonchev–Trinajstić information content (AvgIpc) is 2.04. The summed E-state index contributed by atoms with van der Waals surface area (Å²) < 4.78 is 0. The highest BCUT2D eigenvalue weighted by molar-refractivity contribution is 4.82. The van der Waals surface area contributed by atoms with Gasteiger partial charge in [0.15, 0.2) is 0 Å². The number of hydrogen-bond donors (Lipinski definition) is 2. The van der Waals surface area contributed by atoms with Crippen LogP contribution in [0, 0.1) is 0 Å². The molecular formula is C9H20N2O. The zero-order valence-electron chi connectivity index (χ0n) is 8.25. The quantitative estimate of drug-likeness (QED) is 0.618. The lowest BCUT2D eigenvalue weighted by Crippen LogP contribution is -2.55. The third-order valence-corrected chi connectivity index (χ3v) is 2.77. The molecule has 0 bridgehead atoms. The minimum absolute atomic E-state index is 0.231. The van der Waals surface area contributed by atoms with Crippen molar-refractivity contribution >= 4 is 0 Å². The van der Waals surface area contributed by atoms with Crippen LogP contribution in [-0.2, 0) is 0 Å². The lowest BCUT2D eigenvalue weighted by atomic mass is 10.1. The average molecular weight is 172 g/mol. The van der Waals surface area contributed by atoms with Gasteiger partial charge in [-0.25, -0.2) is 0 Å². The molecule has 1 aliphatic rings. The molecule has 72 valence electrons. The first kappa shape index (κ1) is 9.96. The first-order valence-corrected chi connectivity index (χ1v) is 4.77. The van der Waals surface area contributed by atoms with Gasteiger partial charge < -0.3 is 10.4 Å². The molecule has 1 saturated heterocycles. The van der Waals surface area contributed by atoms with Crippen molar-refractivity contribution in [2.75, 3.05) is 19.6 Å². The Labute approximate surface area is 74.8 Å². The molecule has 3 heteroatoms. The van der Waals surface area contributed by atoms with Gasteiger partial charge in [-0.1, -0.05) is 0 Å². The van der Waals surface area contributed by atoms with Crippen LogP contribution in [0.4, 0.5) is 0 Å². The van der Waals surface area contributed by atoms with Crippen molar-refractivity contribution in [2.24, 2.45) is 0 Å². The molecule has 0 aliphatic carbocycles. The topological polar surface area (TPSA) is 35.5 Å². The molecule has 1 heterocycles. The Morgan fingerprint density at radius 2 is 2.17 bits per heavy atom. The van der Waals surface area contributed by atoms with E-state index in [9.17, 15) is 5.11 Å². The van der Waals surface area contributed by atoms with Crippen LogP contribution in [-0.4, -0.2) is 47.8 Å². The number of aliphatic hydroxyl groups excluding tert-OH is 1. The summed E-state index contributed by atoms with van der Waals surface area (Å²) in [7, 11) is 0. The van der Waals surface area contributed by atoms with Crippen LogP contribution >= 0.6 is 0 Å². The first-order valence-electron chi connectivity index (χ1n) is 4.77. The Hall–Kier alpha value is -0.120. The van der Waals surface area contributed by atoms with Crippen LogP contribution in [0.2, 0.25) is 0 Å². The summed E-state index contributed by atoms with van der Waals surface area (Å²) in [6.45, 7) is 9.28. The van der Waals surface area contributed by atoms with Gasteiger partial charge in [-0.05, 0) is 20.8 Å². The number of nitrogens with zero attached hydrogens (tertiary/aromatic N) is 1. The van der Waals surface area contributed by atoms with Crippen LogP contribution in [0.15, 0.2) is 0 Å². The van der Waals surface area contributed by atoms with Gasteiger partial charge in [0, 0.05) is 31.7 Å². The third-order valence-electron chi connectivity index (χ3n) is 2.77. The van der Waals surface area contributed by atoms with E-state index in [1.165, 1.54) is 0 Å². The Balaban J connectivity index is 2.47. The maximum absolute atomic E-state index is 9.43. The van der Waals surface area contributed by atoms with Crippen molar-refractivity contribution in [1.29, 1.82) is 0 Å². The van der Waals surface area contributed by atoms with Gasteiger partial charge in [0.25, 0.3) is 0 Å². The summed E-state index contributed by atoms with van der Waals surface area (Å²) in [5, 5.41) is 12.8. The lowest BCUT2D eigenvalue weighted by molar-refractivity contribution is 0.0366. The van der Waals surface area contributed by atoms with Gasteiger partial charge in [-0.3, -0.25) is 4.90 Å². The fraction of sp³-hybridized carbons (Fsp3) is 1.00. The lowest BCUT2D eigenvalue weighted by Gasteiger charge is -2.39. The highest BCUT2D eigenvalue weighted by atomic mass is 16.3. The van der Waals surface area contributed by atoms with E-state index in [0.717, 1.165) is 19.6 Å². The van der Waals surface area contributed by atoms with Crippen LogP contribution in [0.5, 0.6) is 0 Å². The normalized spacial score (nSPS) is 31.5. The Kier molecular flexibility index (Phi) is 3.50. The standard InChI is InChI=1S/C9H20N2O/c1-7-6-10-4-5-11(7)8(2)9(3)12/h7-10,12H,4-6H2,1-3H3. The molecule has 3 atom stereocenters. The van der Waals surface area contributed by atoms with Gasteiger partial charge >= 0.3 is 0 Å². The van der Waals surface area contributed by atoms with Crippen LogP contribution < -0.4 is 5.32 Å². The van der Waals surface area contributed by atoms with Crippen LogP contribution in [0.3, 0.4) is 0 Å². The van der Waals surface area contributed by atoms with Gasteiger partial charge in [-0.2, -0.15) is 0 Å². The molecule has 1 aliphatic heterocycles. The van der Waals surface area contributed by atoms with Crippen molar-refractivity contribution in [3.05, 3.63) is 0 Å². The summed E-state index contributed by atoms with van der Waals surface area (Å²) in [6.07, 6.45) is -0.231. The molecule has 1 fully saturated rings. The zero-order valence-corrected chi connectivity index (χ0v) is 8.25. The predicted molar refractivity (Wildman–Crippen MR) is 50.2 cm³/mol. The van der Waals surface area contributed by atoms with E-state index in [1.54, 1.807) is 0 Å². The summed E-state index contributed by atoms with van der Waals surface area (Å²) in [5.41, 5.74) is 0. The van der Waals surface area contributed by atoms with Crippen molar-refractivity contribution in [1.82, 2.24) is 10.2 Å². The molecule has 12 heavy (non-hydrogen) atoms. The Morgan fingerprint density at radius 3 is 2.67 bits per heavy atom. The fourth-order valence-corrected chi connectivity index (χ4v) is 1.74. The summed E-state index contributed by atoms with van der Waals surface area (Å²) in [5.74, 6) is 0. The molecule has 0 aromatic carbocycles. The molecule has 0 saturated carbocycles. The second kappa shape index (κ2) is 4.21. The molecule has 2 N–H and O–H groups in total. The molecule has 0 aromatic rings. The highest BCUT2D eigenvalue weighted by Gasteiger charge is 2.25. The van der Waals surface area contributed by atoms with E-state index < -0.39 is 0 Å². The third kappa shape index (κ3) is 2.19. The molecule has 1 rings (SSSR count). The summed E-state index contributed by atoms with van der Waals surface area (Å²) >= 11 is 0. The second-order valence-corrected chi connectivity index (χ2v) is 3.77. The largest absolute Gasteiger partial charge is 0.392 e. The Morgan fingerprint density at radius 1 is 1.50 bits per heavy atom. The zero-order chi connectivity index (χ0) is 9.14. The minimum atomic E-state index is -0.231. The maximum Gasteiger partial charge on any atom is 0.0664 e. The van der Waals surface area contributed by atoms with E-state index in [1.807, 2.05) is 6.92 Å². The number of piperazine rings is 1. The first-order chi connectivity index (χ1) is 5.63. The number of aliphatic hydroxyl groups is 1. The second-order valence-electron chi connectivity index (χ2n) is 3.77. The molecule has 0 radical (unpaired) electrons. The maximum atomic E-state index is 9.43. The van der Waals surface area contributed by atoms with E-state index in [-0.39, 0.29) is 12.1 Å². The van der Waals surface area contributed by atoms with Crippen molar-refractivity contribution < 1.29 is 5.11 Å². The SMILES string of the molecule is CC(O)C(C)N1CCNCC1C. The molecule has 0 aromatic heterocycles. The van der Waals surface area contributed by atoms with E-state index in [4.69, 9.17) is 0 Å². The van der Waals surface area contributed by atoms with Gasteiger partial charge in [-0.15, -0.1) is 0 Å².